The highest BCUT2D eigenvalue weighted by molar-refractivity contribution is 5.97. The quantitative estimate of drug-likeness (QED) is 0.734. The molecule has 94 valence electrons. The number of carbonyl (C=O) groups excluding carboxylic acids is 2. The van der Waals surface area contributed by atoms with E-state index in [9.17, 15) is 14.4 Å². The van der Waals surface area contributed by atoms with E-state index in [0.717, 1.165) is 19.3 Å². The molecule has 1 saturated heterocycles. The molecule has 0 aromatic carbocycles. The number of amides is 2. The fourth-order valence-electron chi connectivity index (χ4n) is 2.84. The summed E-state index contributed by atoms with van der Waals surface area (Å²) in [6.07, 6.45) is 4.17. The first-order valence-corrected chi connectivity index (χ1v) is 6.19. The zero-order chi connectivity index (χ0) is 12.4. The summed E-state index contributed by atoms with van der Waals surface area (Å²) in [7, 11) is 0. The second-order valence-electron chi connectivity index (χ2n) is 4.81. The van der Waals surface area contributed by atoms with Gasteiger partial charge in [0.2, 0.25) is 11.8 Å². The molecule has 2 amide bonds. The molecular formula is C12H17NO4. The van der Waals surface area contributed by atoms with Crippen LogP contribution in [-0.2, 0) is 14.4 Å². The minimum atomic E-state index is -0.891. The van der Waals surface area contributed by atoms with Gasteiger partial charge in [0.05, 0.1) is 12.0 Å². The Morgan fingerprint density at radius 3 is 2.18 bits per heavy atom. The Balaban J connectivity index is 2.20. The number of carboxylic acid groups (broad SMARTS) is 1. The largest absolute Gasteiger partial charge is 0.481 e. The summed E-state index contributed by atoms with van der Waals surface area (Å²) >= 11 is 0. The maximum absolute atomic E-state index is 11.9. The highest BCUT2D eigenvalue weighted by atomic mass is 16.4. The average Bonchev–Trinajstić information content (AvgIpc) is 2.67. The zero-order valence-corrected chi connectivity index (χ0v) is 9.72. The van der Waals surface area contributed by atoms with Crippen molar-refractivity contribution in [3.8, 4) is 0 Å². The Labute approximate surface area is 99.8 Å². The smallest absolute Gasteiger partial charge is 0.308 e. The first-order valence-electron chi connectivity index (χ1n) is 6.19. The van der Waals surface area contributed by atoms with Crippen LogP contribution in [0.3, 0.4) is 0 Å². The van der Waals surface area contributed by atoms with Gasteiger partial charge in [0.1, 0.15) is 0 Å². The molecule has 17 heavy (non-hydrogen) atoms. The monoisotopic (exact) mass is 239 g/mol. The Morgan fingerprint density at radius 1 is 1.06 bits per heavy atom. The van der Waals surface area contributed by atoms with Crippen LogP contribution in [0.1, 0.15) is 44.9 Å². The molecule has 1 heterocycles. The van der Waals surface area contributed by atoms with E-state index in [1.54, 1.807) is 0 Å². The third-order valence-electron chi connectivity index (χ3n) is 3.70. The highest BCUT2D eigenvalue weighted by Gasteiger charge is 2.41. The van der Waals surface area contributed by atoms with Crippen LogP contribution < -0.4 is 0 Å². The third kappa shape index (κ3) is 2.33. The topological polar surface area (TPSA) is 74.7 Å². The normalized spacial score (nSPS) is 30.5. The summed E-state index contributed by atoms with van der Waals surface area (Å²) in [5.74, 6) is -1.84. The minimum absolute atomic E-state index is 0.189. The van der Waals surface area contributed by atoms with Crippen LogP contribution in [-0.4, -0.2) is 33.8 Å². The lowest BCUT2D eigenvalue weighted by atomic mass is 10.0. The van der Waals surface area contributed by atoms with Gasteiger partial charge in [-0.05, 0) is 25.7 Å². The molecule has 0 spiro atoms. The number of carboxylic acids is 1. The van der Waals surface area contributed by atoms with Gasteiger partial charge in [-0.2, -0.15) is 0 Å². The van der Waals surface area contributed by atoms with E-state index >= 15 is 0 Å². The van der Waals surface area contributed by atoms with E-state index in [2.05, 4.69) is 0 Å². The summed E-state index contributed by atoms with van der Waals surface area (Å²) in [6, 6.07) is -0.411. The van der Waals surface area contributed by atoms with Crippen molar-refractivity contribution >= 4 is 17.8 Å². The second-order valence-corrected chi connectivity index (χ2v) is 4.81. The van der Waals surface area contributed by atoms with Gasteiger partial charge in [-0.25, -0.2) is 0 Å². The lowest BCUT2D eigenvalue weighted by Crippen LogP contribution is -2.47. The Kier molecular flexibility index (Phi) is 3.45. The Hall–Kier alpha value is -1.39. The molecule has 1 aliphatic heterocycles. The van der Waals surface area contributed by atoms with Gasteiger partial charge >= 0.3 is 5.97 Å². The molecule has 0 bridgehead atoms. The number of nitrogens with zero attached hydrogens (tertiary/aromatic N) is 1. The van der Waals surface area contributed by atoms with E-state index < -0.39 is 17.9 Å². The van der Waals surface area contributed by atoms with E-state index in [1.807, 2.05) is 0 Å². The summed E-state index contributed by atoms with van der Waals surface area (Å²) in [6.45, 7) is 0. The van der Waals surface area contributed by atoms with Crippen molar-refractivity contribution < 1.29 is 19.5 Å². The fraction of sp³-hybridized carbons (Fsp3) is 0.750. The number of hydrogen-bond donors (Lipinski definition) is 1. The predicted molar refractivity (Wildman–Crippen MR) is 59.1 cm³/mol. The van der Waals surface area contributed by atoms with Gasteiger partial charge in [0, 0.05) is 12.8 Å². The summed E-state index contributed by atoms with van der Waals surface area (Å²) in [5, 5.41) is 9.11. The first kappa shape index (κ1) is 12.1. The third-order valence-corrected chi connectivity index (χ3v) is 3.70. The molecule has 2 unspecified atom stereocenters. The zero-order valence-electron chi connectivity index (χ0n) is 9.72. The molecule has 5 nitrogen and oxygen atoms in total. The maximum Gasteiger partial charge on any atom is 0.308 e. The fourth-order valence-corrected chi connectivity index (χ4v) is 2.84. The average molecular weight is 239 g/mol. The molecular weight excluding hydrogens is 222 g/mol. The van der Waals surface area contributed by atoms with Crippen LogP contribution >= 0.6 is 0 Å². The highest BCUT2D eigenvalue weighted by Crippen LogP contribution is 2.32. The van der Waals surface area contributed by atoms with Gasteiger partial charge in [0.25, 0.3) is 0 Å². The maximum atomic E-state index is 11.9. The number of likely N-dealkylation sites (tertiary alicyclic amines) is 1. The number of rotatable bonds is 2. The lowest BCUT2D eigenvalue weighted by molar-refractivity contribution is -0.151. The molecule has 0 aromatic rings. The van der Waals surface area contributed by atoms with E-state index in [1.165, 1.54) is 4.90 Å². The number of aliphatic carboxylic acids is 1. The predicted octanol–water partition coefficient (Wildman–Crippen LogP) is 1.17. The molecule has 0 radical (unpaired) electrons. The van der Waals surface area contributed by atoms with Crippen LogP contribution in [0, 0.1) is 5.92 Å². The van der Waals surface area contributed by atoms with E-state index in [-0.39, 0.29) is 11.8 Å². The molecule has 2 aliphatic rings. The second kappa shape index (κ2) is 4.85. The molecule has 2 atom stereocenters. The van der Waals surface area contributed by atoms with E-state index in [0.29, 0.717) is 25.7 Å². The van der Waals surface area contributed by atoms with Gasteiger partial charge in [-0.15, -0.1) is 0 Å². The van der Waals surface area contributed by atoms with Crippen LogP contribution in [0.5, 0.6) is 0 Å². The van der Waals surface area contributed by atoms with Gasteiger partial charge < -0.3 is 5.11 Å². The van der Waals surface area contributed by atoms with Crippen molar-refractivity contribution in [2.24, 2.45) is 5.92 Å². The van der Waals surface area contributed by atoms with Crippen molar-refractivity contribution in [2.75, 3.05) is 0 Å². The summed E-state index contributed by atoms with van der Waals surface area (Å²) in [5.41, 5.74) is 0. The van der Waals surface area contributed by atoms with Gasteiger partial charge in [0.15, 0.2) is 0 Å². The summed E-state index contributed by atoms with van der Waals surface area (Å²) in [4.78, 5) is 36.1. The molecule has 1 N–H and O–H groups in total. The molecule has 2 fully saturated rings. The number of carbonyl (C=O) groups is 3. The molecule has 2 rings (SSSR count). The number of imide groups is 1. The van der Waals surface area contributed by atoms with Crippen molar-refractivity contribution in [1.29, 1.82) is 0 Å². The Bertz CT molecular complexity index is 334. The molecule has 1 saturated carbocycles. The van der Waals surface area contributed by atoms with Gasteiger partial charge in [-0.1, -0.05) is 6.42 Å². The van der Waals surface area contributed by atoms with Crippen molar-refractivity contribution in [1.82, 2.24) is 4.90 Å². The summed E-state index contributed by atoms with van der Waals surface area (Å²) < 4.78 is 0. The van der Waals surface area contributed by atoms with Crippen LogP contribution in [0.15, 0.2) is 0 Å². The first-order chi connectivity index (χ1) is 8.11. The molecule has 0 aromatic heterocycles. The molecule has 1 aliphatic carbocycles. The van der Waals surface area contributed by atoms with Crippen molar-refractivity contribution in [3.63, 3.8) is 0 Å². The molecule has 5 heteroatoms. The minimum Gasteiger partial charge on any atom is -0.481 e. The van der Waals surface area contributed by atoms with Gasteiger partial charge in [-0.3, -0.25) is 19.3 Å². The SMILES string of the molecule is O=C(O)C1CCCC1N1C(=O)CCCCC1=O. The lowest BCUT2D eigenvalue weighted by Gasteiger charge is -2.28. The van der Waals surface area contributed by atoms with E-state index in [4.69, 9.17) is 5.11 Å². The standard InChI is InChI=1S/C12H17NO4/c14-10-6-1-2-7-11(15)13(10)9-5-3-4-8(9)12(16)17/h8-9H,1-7H2,(H,16,17). The van der Waals surface area contributed by atoms with Crippen molar-refractivity contribution in [2.45, 2.75) is 51.0 Å². The Morgan fingerprint density at radius 2 is 1.65 bits per heavy atom. The van der Waals surface area contributed by atoms with Crippen LogP contribution in [0.4, 0.5) is 0 Å². The van der Waals surface area contributed by atoms with Crippen LogP contribution in [0.25, 0.3) is 0 Å². The number of hydrogen-bond acceptors (Lipinski definition) is 3. The van der Waals surface area contributed by atoms with Crippen molar-refractivity contribution in [3.05, 3.63) is 0 Å². The van der Waals surface area contributed by atoms with Crippen LogP contribution in [0.2, 0.25) is 0 Å².